The first-order chi connectivity index (χ1) is 31.9. The molecular formula is C59H47BN2S4. The molecule has 0 fully saturated rings. The molecule has 13 rings (SSSR count). The highest BCUT2D eigenvalue weighted by Gasteiger charge is 2.47. The van der Waals surface area contributed by atoms with Gasteiger partial charge in [-0.1, -0.05) is 126 Å². The Bertz CT molecular complexity index is 3510. The number of anilines is 6. The van der Waals surface area contributed by atoms with Crippen molar-refractivity contribution >= 4 is 142 Å². The summed E-state index contributed by atoms with van der Waals surface area (Å²) in [6.07, 6.45) is 0. The summed E-state index contributed by atoms with van der Waals surface area (Å²) in [5.41, 5.74) is 18.2. The van der Waals surface area contributed by atoms with Crippen molar-refractivity contribution in [1.82, 2.24) is 0 Å². The Morgan fingerprint density at radius 2 is 0.848 bits per heavy atom. The van der Waals surface area contributed by atoms with Crippen LogP contribution in [0.3, 0.4) is 0 Å². The molecule has 0 bridgehead atoms. The second-order valence-electron chi connectivity index (χ2n) is 20.3. The fourth-order valence-corrected chi connectivity index (χ4v) is 15.1. The van der Waals surface area contributed by atoms with Gasteiger partial charge in [-0.25, -0.2) is 0 Å². The van der Waals surface area contributed by atoms with E-state index < -0.39 is 0 Å². The van der Waals surface area contributed by atoms with Crippen molar-refractivity contribution in [2.45, 2.75) is 59.3 Å². The predicted molar refractivity (Wildman–Crippen MR) is 295 cm³/mol. The van der Waals surface area contributed by atoms with Crippen molar-refractivity contribution in [3.05, 3.63) is 173 Å². The minimum absolute atomic E-state index is 0.00584. The topological polar surface area (TPSA) is 6.48 Å². The molecule has 0 N–H and O–H groups in total. The third-order valence-corrected chi connectivity index (χ3v) is 18.3. The van der Waals surface area contributed by atoms with Crippen LogP contribution in [0.2, 0.25) is 0 Å². The molecule has 0 radical (unpaired) electrons. The third-order valence-electron chi connectivity index (χ3n) is 14.0. The minimum Gasteiger partial charge on any atom is -0.303 e. The van der Waals surface area contributed by atoms with E-state index in [9.17, 15) is 0 Å². The Kier molecular flexibility index (Phi) is 8.87. The Morgan fingerprint density at radius 1 is 0.424 bits per heavy atom. The number of fused-ring (bicyclic) bond motifs is 10. The van der Waals surface area contributed by atoms with Crippen LogP contribution >= 0.6 is 45.3 Å². The van der Waals surface area contributed by atoms with Gasteiger partial charge < -0.3 is 9.80 Å². The first-order valence-electron chi connectivity index (χ1n) is 22.9. The van der Waals surface area contributed by atoms with E-state index >= 15 is 0 Å². The normalized spacial score (nSPS) is 13.6. The fourth-order valence-electron chi connectivity index (χ4n) is 10.6. The number of nitrogens with zero attached hydrogens (tertiary/aromatic N) is 2. The molecule has 6 heterocycles. The van der Waals surface area contributed by atoms with Gasteiger partial charge >= 0.3 is 0 Å². The molecule has 7 heteroatoms. The molecule has 2 aliphatic heterocycles. The van der Waals surface area contributed by atoms with Crippen LogP contribution in [0.15, 0.2) is 156 Å². The maximum atomic E-state index is 2.61. The highest BCUT2D eigenvalue weighted by atomic mass is 32.1. The highest BCUT2D eigenvalue weighted by molar-refractivity contribution is 7.29. The highest BCUT2D eigenvalue weighted by Crippen LogP contribution is 2.51. The number of thiophene rings is 4. The van der Waals surface area contributed by atoms with Crippen LogP contribution in [0.1, 0.15) is 58.2 Å². The van der Waals surface area contributed by atoms with Crippen LogP contribution in [0.4, 0.5) is 32.8 Å². The maximum absolute atomic E-state index is 2.61. The summed E-state index contributed by atoms with van der Waals surface area (Å²) in [4.78, 5) is 5.22. The predicted octanol–water partition coefficient (Wildman–Crippen LogP) is 16.9. The average molecular weight is 923 g/mol. The third kappa shape index (κ3) is 6.09. The summed E-state index contributed by atoms with van der Waals surface area (Å²) in [5.74, 6) is 0. The van der Waals surface area contributed by atoms with Gasteiger partial charge in [-0.2, -0.15) is 0 Å². The number of rotatable bonds is 4. The van der Waals surface area contributed by atoms with Crippen molar-refractivity contribution < 1.29 is 0 Å². The molecule has 66 heavy (non-hydrogen) atoms. The van der Waals surface area contributed by atoms with Gasteiger partial charge in [0.15, 0.2) is 0 Å². The van der Waals surface area contributed by atoms with E-state index in [1.54, 1.807) is 0 Å². The molecular weight excluding hydrogens is 876 g/mol. The van der Waals surface area contributed by atoms with E-state index in [2.05, 4.69) is 215 Å². The zero-order valence-corrected chi connectivity index (χ0v) is 41.4. The number of aryl methyl sites for hydroxylation is 1. The van der Waals surface area contributed by atoms with Crippen molar-refractivity contribution in [2.75, 3.05) is 9.80 Å². The molecule has 320 valence electrons. The summed E-state index contributed by atoms with van der Waals surface area (Å²) < 4.78 is 5.31. The van der Waals surface area contributed by atoms with Crippen molar-refractivity contribution in [3.63, 3.8) is 0 Å². The van der Waals surface area contributed by atoms with Crippen LogP contribution in [-0.4, -0.2) is 6.71 Å². The van der Waals surface area contributed by atoms with Gasteiger partial charge in [0.25, 0.3) is 6.71 Å². The van der Waals surface area contributed by atoms with E-state index in [0.717, 1.165) is 0 Å². The zero-order chi connectivity index (χ0) is 44.8. The lowest BCUT2D eigenvalue weighted by Crippen LogP contribution is -2.60. The summed E-state index contributed by atoms with van der Waals surface area (Å²) in [6.45, 7) is 16.4. The molecule has 0 unspecified atom stereocenters. The molecule has 4 aromatic heterocycles. The number of benzene rings is 7. The van der Waals surface area contributed by atoms with Crippen LogP contribution in [0.5, 0.6) is 0 Å². The van der Waals surface area contributed by atoms with Crippen molar-refractivity contribution in [2.24, 2.45) is 0 Å². The van der Waals surface area contributed by atoms with E-state index in [-0.39, 0.29) is 17.5 Å². The molecule has 2 aliphatic rings. The largest absolute Gasteiger partial charge is 0.303 e. The standard InChI is InChI=1S/C59H47BN2S4/c1-34-28-47-55-48(29-34)62(40-24-18-36(19-25-40)46-33-64-50-15-11-9-13-42(46)50)57-54(44-31-38(59(5,6)7)21-27-52(44)66-57)60(55)53-43-30-37(58(2,3)4)20-26-51(43)65-56(53)61(47)39-22-16-35(17-23-39)45-32-63-49-14-10-8-12-41(45)49/h8-33H,1-7H3. The Morgan fingerprint density at radius 3 is 1.27 bits per heavy atom. The van der Waals surface area contributed by atoms with Crippen LogP contribution in [-0.2, 0) is 10.8 Å². The first kappa shape index (κ1) is 40.3. The molecule has 0 atom stereocenters. The smallest absolute Gasteiger partial charge is 0.256 e. The molecule has 0 saturated heterocycles. The Balaban J connectivity index is 1.08. The molecule has 0 aliphatic carbocycles. The van der Waals surface area contributed by atoms with Gasteiger partial charge in [0.1, 0.15) is 0 Å². The lowest BCUT2D eigenvalue weighted by molar-refractivity contribution is 0.591. The van der Waals surface area contributed by atoms with Crippen LogP contribution in [0, 0.1) is 6.92 Å². The summed E-state index contributed by atoms with van der Waals surface area (Å²) >= 11 is 7.55. The SMILES string of the molecule is Cc1cc2c3c(c1)N(c1ccc(-c4csc5ccccc45)cc1)c1sc4ccc(C(C)(C)C)cc4c1B3c1c(sc3ccc(C(C)(C)C)cc13)N2c1ccc(-c2csc3ccccc23)cc1. The second-order valence-corrected chi connectivity index (χ2v) is 24.2. The lowest BCUT2D eigenvalue weighted by Gasteiger charge is -2.42. The molecule has 7 aromatic carbocycles. The molecule has 2 nitrogen and oxygen atoms in total. The monoisotopic (exact) mass is 922 g/mol. The lowest BCUT2D eigenvalue weighted by atomic mass is 9.33. The molecule has 11 aromatic rings. The van der Waals surface area contributed by atoms with Crippen molar-refractivity contribution in [1.29, 1.82) is 0 Å². The Labute approximate surface area is 403 Å². The fraction of sp³-hybridized carbons (Fsp3) is 0.153. The molecule has 0 amide bonds. The number of hydrogen-bond acceptors (Lipinski definition) is 6. The first-order valence-corrected chi connectivity index (χ1v) is 26.3. The summed E-state index contributed by atoms with van der Waals surface area (Å²) in [6, 6.07) is 55.9. The Hall–Kier alpha value is -5.96. The number of hydrogen-bond donors (Lipinski definition) is 0. The van der Waals surface area contributed by atoms with E-state index in [0.29, 0.717) is 0 Å². The van der Waals surface area contributed by atoms with Gasteiger partial charge in [-0.15, -0.1) is 45.3 Å². The van der Waals surface area contributed by atoms with Gasteiger partial charge in [0.2, 0.25) is 0 Å². The summed E-state index contributed by atoms with van der Waals surface area (Å²) in [5, 5.41) is 12.6. The van der Waals surface area contributed by atoms with Crippen LogP contribution < -0.4 is 26.2 Å². The molecule has 0 spiro atoms. The van der Waals surface area contributed by atoms with Gasteiger partial charge in [0.05, 0.1) is 10.0 Å². The second kappa shape index (κ2) is 14.5. The zero-order valence-electron chi connectivity index (χ0n) is 38.1. The van der Waals surface area contributed by atoms with Gasteiger partial charge in [-0.05, 0) is 144 Å². The van der Waals surface area contributed by atoms with E-state index in [4.69, 9.17) is 0 Å². The van der Waals surface area contributed by atoms with Crippen LogP contribution in [0.25, 0.3) is 62.6 Å². The van der Waals surface area contributed by atoms with E-state index in [1.165, 1.54) is 128 Å². The van der Waals surface area contributed by atoms with Crippen molar-refractivity contribution in [3.8, 4) is 22.3 Å². The van der Waals surface area contributed by atoms with Gasteiger partial charge in [0, 0.05) is 63.4 Å². The van der Waals surface area contributed by atoms with Gasteiger partial charge in [-0.3, -0.25) is 0 Å². The quantitative estimate of drug-likeness (QED) is 0.162. The molecule has 0 saturated carbocycles. The maximum Gasteiger partial charge on any atom is 0.256 e. The minimum atomic E-state index is 0.00584. The average Bonchev–Trinajstić information content (AvgIpc) is 4.11. The van der Waals surface area contributed by atoms with E-state index in [1.807, 2.05) is 45.3 Å². The summed E-state index contributed by atoms with van der Waals surface area (Å²) in [7, 11) is 0.